The van der Waals surface area contributed by atoms with E-state index in [-0.39, 0.29) is 0 Å². The summed E-state index contributed by atoms with van der Waals surface area (Å²) < 4.78 is 5.85. The fraction of sp³-hybridized carbons (Fsp3) is 0.167. The lowest BCUT2D eigenvalue weighted by molar-refractivity contribution is 0.305. The van der Waals surface area contributed by atoms with E-state index in [0.29, 0.717) is 6.61 Å². The van der Waals surface area contributed by atoms with Crippen LogP contribution in [0.3, 0.4) is 0 Å². The molecule has 1 aliphatic rings. The Morgan fingerprint density at radius 1 is 0.913 bits per heavy atom. The van der Waals surface area contributed by atoms with Gasteiger partial charge in [0.2, 0.25) is 0 Å². The van der Waals surface area contributed by atoms with Crippen LogP contribution in [-0.2, 0) is 19.7 Å². The van der Waals surface area contributed by atoms with Crippen molar-refractivity contribution in [3.8, 4) is 5.75 Å². The number of ether oxygens (including phenoxy) is 1. The minimum absolute atomic E-state index is 0.480. The second-order valence-electron chi connectivity index (χ2n) is 5.53. The summed E-state index contributed by atoms with van der Waals surface area (Å²) in [5, 5.41) is 0. The third kappa shape index (κ3) is 2.99. The van der Waals surface area contributed by atoms with Crippen LogP contribution >= 0.6 is 0 Å². The van der Waals surface area contributed by atoms with Gasteiger partial charge in [-0.3, -0.25) is 4.98 Å². The lowest BCUT2D eigenvalue weighted by Crippen LogP contribution is -2.14. The van der Waals surface area contributed by atoms with E-state index in [4.69, 9.17) is 4.74 Å². The molecule has 0 saturated carbocycles. The zero-order chi connectivity index (χ0) is 15.5. The summed E-state index contributed by atoms with van der Waals surface area (Å²) in [5.41, 5.74) is 4.81. The maximum Gasteiger partial charge on any atom is 0.120 e. The normalized spacial score (nSPS) is 13.0. The Morgan fingerprint density at radius 2 is 1.70 bits per heavy atom. The van der Waals surface area contributed by atoms with E-state index in [1.807, 2.05) is 30.6 Å². The SMILES string of the molecule is c1cc(N2Cc3ccc(OCc4cncnc4)cc3C2)ccn1. The molecule has 0 fully saturated rings. The van der Waals surface area contributed by atoms with E-state index in [1.165, 1.54) is 23.1 Å². The van der Waals surface area contributed by atoms with Crippen LogP contribution in [-0.4, -0.2) is 15.0 Å². The zero-order valence-corrected chi connectivity index (χ0v) is 12.6. The molecule has 114 valence electrons. The molecule has 0 atom stereocenters. The molecule has 23 heavy (non-hydrogen) atoms. The van der Waals surface area contributed by atoms with Gasteiger partial charge in [0.25, 0.3) is 0 Å². The Labute approximate surface area is 134 Å². The molecule has 2 aromatic heterocycles. The van der Waals surface area contributed by atoms with Gasteiger partial charge in [0.05, 0.1) is 0 Å². The summed E-state index contributed by atoms with van der Waals surface area (Å²) in [6, 6.07) is 10.4. The number of aromatic nitrogens is 3. The minimum atomic E-state index is 0.480. The van der Waals surface area contributed by atoms with E-state index in [2.05, 4.69) is 32.0 Å². The number of nitrogens with zero attached hydrogens (tertiary/aromatic N) is 4. The topological polar surface area (TPSA) is 51.1 Å². The van der Waals surface area contributed by atoms with Gasteiger partial charge >= 0.3 is 0 Å². The van der Waals surface area contributed by atoms with Crippen LogP contribution in [0.1, 0.15) is 16.7 Å². The molecule has 0 radical (unpaired) electrons. The summed E-state index contributed by atoms with van der Waals surface area (Å²) in [5.74, 6) is 0.879. The molecule has 4 rings (SSSR count). The van der Waals surface area contributed by atoms with Crippen molar-refractivity contribution in [3.63, 3.8) is 0 Å². The third-order valence-corrected chi connectivity index (χ3v) is 3.95. The van der Waals surface area contributed by atoms with Gasteiger partial charge in [0.15, 0.2) is 0 Å². The molecule has 0 aliphatic carbocycles. The first-order valence-electron chi connectivity index (χ1n) is 7.52. The van der Waals surface area contributed by atoms with Crippen LogP contribution in [0.2, 0.25) is 0 Å². The van der Waals surface area contributed by atoms with Crippen molar-refractivity contribution in [2.45, 2.75) is 19.7 Å². The predicted octanol–water partition coefficient (Wildman–Crippen LogP) is 2.97. The van der Waals surface area contributed by atoms with Crippen molar-refractivity contribution in [1.82, 2.24) is 15.0 Å². The number of anilines is 1. The fourth-order valence-electron chi connectivity index (χ4n) is 2.77. The first kappa shape index (κ1) is 13.7. The van der Waals surface area contributed by atoms with Gasteiger partial charge in [-0.15, -0.1) is 0 Å². The van der Waals surface area contributed by atoms with Crippen molar-refractivity contribution in [2.75, 3.05) is 4.90 Å². The van der Waals surface area contributed by atoms with E-state index in [0.717, 1.165) is 24.4 Å². The maximum absolute atomic E-state index is 5.85. The maximum atomic E-state index is 5.85. The lowest BCUT2D eigenvalue weighted by Gasteiger charge is -2.16. The van der Waals surface area contributed by atoms with E-state index < -0.39 is 0 Å². The van der Waals surface area contributed by atoms with Crippen LogP contribution in [0, 0.1) is 0 Å². The van der Waals surface area contributed by atoms with Crippen LogP contribution < -0.4 is 9.64 Å². The quantitative estimate of drug-likeness (QED) is 0.741. The molecule has 0 N–H and O–H groups in total. The van der Waals surface area contributed by atoms with Crippen molar-refractivity contribution in [1.29, 1.82) is 0 Å². The van der Waals surface area contributed by atoms with Gasteiger partial charge < -0.3 is 9.64 Å². The van der Waals surface area contributed by atoms with Gasteiger partial charge in [0, 0.05) is 49.1 Å². The summed E-state index contributed by atoms with van der Waals surface area (Å²) in [7, 11) is 0. The summed E-state index contributed by atoms with van der Waals surface area (Å²) in [4.78, 5) is 14.4. The smallest absolute Gasteiger partial charge is 0.120 e. The fourth-order valence-corrected chi connectivity index (χ4v) is 2.77. The van der Waals surface area contributed by atoms with Crippen LogP contribution in [0.5, 0.6) is 5.75 Å². The standard InChI is InChI=1S/C18H16N4O/c1-2-18(23-12-14-8-20-13-21-9-14)7-16-11-22(10-15(1)16)17-3-5-19-6-4-17/h1-9,13H,10-12H2. The number of hydrogen-bond donors (Lipinski definition) is 0. The molecule has 1 aliphatic heterocycles. The number of fused-ring (bicyclic) bond motifs is 1. The van der Waals surface area contributed by atoms with E-state index in [1.54, 1.807) is 12.4 Å². The molecule has 5 nitrogen and oxygen atoms in total. The minimum Gasteiger partial charge on any atom is -0.489 e. The first-order chi connectivity index (χ1) is 11.4. The number of rotatable bonds is 4. The zero-order valence-electron chi connectivity index (χ0n) is 12.6. The van der Waals surface area contributed by atoms with Crippen LogP contribution in [0.4, 0.5) is 5.69 Å². The predicted molar refractivity (Wildman–Crippen MR) is 86.9 cm³/mol. The Balaban J connectivity index is 1.46. The molecule has 0 amide bonds. The van der Waals surface area contributed by atoms with Crippen LogP contribution in [0.15, 0.2) is 61.4 Å². The molecule has 0 saturated heterocycles. The molecule has 3 aromatic rings. The highest BCUT2D eigenvalue weighted by molar-refractivity contribution is 5.52. The highest BCUT2D eigenvalue weighted by Crippen LogP contribution is 2.30. The molecule has 0 unspecified atom stereocenters. The van der Waals surface area contributed by atoms with Gasteiger partial charge in [0.1, 0.15) is 18.7 Å². The summed E-state index contributed by atoms with van der Waals surface area (Å²) in [6.07, 6.45) is 8.72. The average molecular weight is 304 g/mol. The number of pyridine rings is 1. The highest BCUT2D eigenvalue weighted by Gasteiger charge is 2.19. The van der Waals surface area contributed by atoms with Crippen LogP contribution in [0.25, 0.3) is 0 Å². The Hall–Kier alpha value is -2.95. The van der Waals surface area contributed by atoms with Gasteiger partial charge in [-0.25, -0.2) is 9.97 Å². The van der Waals surface area contributed by atoms with Crippen molar-refractivity contribution >= 4 is 5.69 Å². The molecular weight excluding hydrogens is 288 g/mol. The number of benzene rings is 1. The van der Waals surface area contributed by atoms with Gasteiger partial charge in [-0.05, 0) is 35.4 Å². The molecule has 0 bridgehead atoms. The lowest BCUT2D eigenvalue weighted by atomic mass is 10.1. The molecule has 5 heteroatoms. The Morgan fingerprint density at radius 3 is 2.52 bits per heavy atom. The highest BCUT2D eigenvalue weighted by atomic mass is 16.5. The molecular formula is C18H16N4O. The van der Waals surface area contributed by atoms with Crippen molar-refractivity contribution in [3.05, 3.63) is 78.1 Å². The second-order valence-corrected chi connectivity index (χ2v) is 5.53. The van der Waals surface area contributed by atoms with E-state index in [9.17, 15) is 0 Å². The largest absolute Gasteiger partial charge is 0.489 e. The molecule has 3 heterocycles. The Bertz CT molecular complexity index is 793. The monoisotopic (exact) mass is 304 g/mol. The Kier molecular flexibility index (Phi) is 3.60. The van der Waals surface area contributed by atoms with Gasteiger partial charge in [-0.1, -0.05) is 6.07 Å². The molecule has 0 spiro atoms. The first-order valence-corrected chi connectivity index (χ1v) is 7.52. The summed E-state index contributed by atoms with van der Waals surface area (Å²) >= 11 is 0. The average Bonchev–Trinajstić information content (AvgIpc) is 3.05. The third-order valence-electron chi connectivity index (χ3n) is 3.95. The van der Waals surface area contributed by atoms with Gasteiger partial charge in [-0.2, -0.15) is 0 Å². The number of hydrogen-bond acceptors (Lipinski definition) is 5. The van der Waals surface area contributed by atoms with Crippen molar-refractivity contribution in [2.24, 2.45) is 0 Å². The molecule has 1 aromatic carbocycles. The second kappa shape index (κ2) is 6.04. The summed E-state index contributed by atoms with van der Waals surface area (Å²) in [6.45, 7) is 2.30. The van der Waals surface area contributed by atoms with E-state index >= 15 is 0 Å². The van der Waals surface area contributed by atoms with Crippen molar-refractivity contribution < 1.29 is 4.74 Å².